The van der Waals surface area contributed by atoms with Gasteiger partial charge in [-0.25, -0.2) is 4.79 Å². The van der Waals surface area contributed by atoms with Crippen molar-refractivity contribution < 1.29 is 9.53 Å². The van der Waals surface area contributed by atoms with E-state index in [0.29, 0.717) is 19.0 Å². The van der Waals surface area contributed by atoms with E-state index in [-0.39, 0.29) is 6.09 Å². The van der Waals surface area contributed by atoms with Gasteiger partial charge in [0.2, 0.25) is 0 Å². The predicted octanol–water partition coefficient (Wildman–Crippen LogP) is 3.01. The van der Waals surface area contributed by atoms with Crippen LogP contribution in [0.15, 0.2) is 24.3 Å². The quantitative estimate of drug-likeness (QED) is 0.759. The molecule has 0 radical (unpaired) electrons. The lowest BCUT2D eigenvalue weighted by Crippen LogP contribution is -2.26. The van der Waals surface area contributed by atoms with E-state index in [0.717, 1.165) is 11.1 Å². The maximum absolute atomic E-state index is 11.4. The maximum Gasteiger partial charge on any atom is 0.409 e. The van der Waals surface area contributed by atoms with Crippen LogP contribution in [0.2, 0.25) is 0 Å². The average Bonchev–Trinajstić information content (AvgIpc) is 2.30. The molecule has 0 spiro atoms. The molecule has 0 aliphatic heterocycles. The van der Waals surface area contributed by atoms with Crippen molar-refractivity contribution in [3.63, 3.8) is 0 Å². The number of rotatable bonds is 4. The molecular weight excluding hydrogens is 226 g/mol. The zero-order valence-electron chi connectivity index (χ0n) is 9.57. The monoisotopic (exact) mass is 241 g/mol. The molecule has 0 saturated heterocycles. The van der Waals surface area contributed by atoms with Crippen molar-refractivity contribution in [3.8, 4) is 0 Å². The fraction of sp³-hybridized carbons (Fsp3) is 0.417. The second-order valence-electron chi connectivity index (χ2n) is 3.51. The zero-order valence-corrected chi connectivity index (χ0v) is 10.3. The summed E-state index contributed by atoms with van der Waals surface area (Å²) in [5.74, 6) is 0.508. The SMILES string of the molecule is CCOC(=O)N(C)Cc1ccc(CCl)cc1. The maximum atomic E-state index is 11.4. The van der Waals surface area contributed by atoms with Gasteiger partial charge in [0.25, 0.3) is 0 Å². The Labute approximate surface area is 101 Å². The van der Waals surface area contributed by atoms with Gasteiger partial charge in [-0.1, -0.05) is 24.3 Å². The van der Waals surface area contributed by atoms with Crippen molar-refractivity contribution >= 4 is 17.7 Å². The molecule has 1 amide bonds. The molecule has 1 aromatic carbocycles. The second-order valence-corrected chi connectivity index (χ2v) is 3.77. The fourth-order valence-corrected chi connectivity index (χ4v) is 1.48. The van der Waals surface area contributed by atoms with E-state index in [2.05, 4.69) is 0 Å². The van der Waals surface area contributed by atoms with Crippen molar-refractivity contribution in [2.45, 2.75) is 19.3 Å². The van der Waals surface area contributed by atoms with Crippen molar-refractivity contribution in [1.82, 2.24) is 4.90 Å². The first-order chi connectivity index (χ1) is 7.67. The summed E-state index contributed by atoms with van der Waals surface area (Å²) in [6.45, 7) is 2.73. The van der Waals surface area contributed by atoms with Gasteiger partial charge in [-0.2, -0.15) is 0 Å². The van der Waals surface area contributed by atoms with Crippen LogP contribution in [0.5, 0.6) is 0 Å². The minimum atomic E-state index is -0.302. The lowest BCUT2D eigenvalue weighted by Gasteiger charge is -2.16. The summed E-state index contributed by atoms with van der Waals surface area (Å²) in [5, 5.41) is 0. The lowest BCUT2D eigenvalue weighted by atomic mass is 10.1. The molecule has 88 valence electrons. The van der Waals surface area contributed by atoms with Crippen molar-refractivity contribution in [3.05, 3.63) is 35.4 Å². The highest BCUT2D eigenvalue weighted by atomic mass is 35.5. The molecule has 0 N–H and O–H groups in total. The molecule has 0 heterocycles. The Morgan fingerprint density at radius 3 is 2.38 bits per heavy atom. The van der Waals surface area contributed by atoms with E-state index < -0.39 is 0 Å². The highest BCUT2D eigenvalue weighted by Crippen LogP contribution is 2.09. The third-order valence-corrected chi connectivity index (χ3v) is 2.49. The molecule has 1 rings (SSSR count). The number of amides is 1. The molecule has 0 unspecified atom stereocenters. The number of hydrogen-bond donors (Lipinski definition) is 0. The van der Waals surface area contributed by atoms with Crippen LogP contribution in [-0.2, 0) is 17.2 Å². The van der Waals surface area contributed by atoms with E-state index in [1.165, 1.54) is 0 Å². The number of benzene rings is 1. The highest BCUT2D eigenvalue weighted by molar-refractivity contribution is 6.17. The van der Waals surface area contributed by atoms with E-state index in [9.17, 15) is 4.79 Å². The molecule has 0 aromatic heterocycles. The second kappa shape index (κ2) is 6.38. The Balaban J connectivity index is 2.55. The number of carbonyl (C=O) groups is 1. The number of carbonyl (C=O) groups excluding carboxylic acids is 1. The number of alkyl halides is 1. The predicted molar refractivity (Wildman–Crippen MR) is 64.5 cm³/mol. The summed E-state index contributed by atoms with van der Waals surface area (Å²) in [7, 11) is 1.72. The van der Waals surface area contributed by atoms with Crippen LogP contribution >= 0.6 is 11.6 Å². The summed E-state index contributed by atoms with van der Waals surface area (Å²) < 4.78 is 4.89. The third kappa shape index (κ3) is 3.74. The smallest absolute Gasteiger partial charge is 0.409 e. The van der Waals surface area contributed by atoms with Crippen LogP contribution < -0.4 is 0 Å². The topological polar surface area (TPSA) is 29.5 Å². The van der Waals surface area contributed by atoms with Gasteiger partial charge in [-0.05, 0) is 18.1 Å². The third-order valence-electron chi connectivity index (χ3n) is 2.18. The standard InChI is InChI=1S/C12H16ClNO2/c1-3-16-12(15)14(2)9-11-6-4-10(8-13)5-7-11/h4-7H,3,8-9H2,1-2H3. The minimum Gasteiger partial charge on any atom is -0.450 e. The molecule has 0 atom stereocenters. The molecule has 16 heavy (non-hydrogen) atoms. The van der Waals surface area contributed by atoms with Crippen molar-refractivity contribution in [2.75, 3.05) is 13.7 Å². The number of hydrogen-bond acceptors (Lipinski definition) is 2. The Kier molecular flexibility index (Phi) is 5.12. The van der Waals surface area contributed by atoms with Crippen molar-refractivity contribution in [1.29, 1.82) is 0 Å². The molecule has 3 nitrogen and oxygen atoms in total. The van der Waals surface area contributed by atoms with Crippen molar-refractivity contribution in [2.24, 2.45) is 0 Å². The van der Waals surface area contributed by atoms with E-state index in [1.54, 1.807) is 18.9 Å². The average molecular weight is 242 g/mol. The normalized spacial score (nSPS) is 9.94. The summed E-state index contributed by atoms with van der Waals surface area (Å²) >= 11 is 5.69. The molecule has 0 bridgehead atoms. The Morgan fingerprint density at radius 1 is 1.31 bits per heavy atom. The van der Waals surface area contributed by atoms with Gasteiger partial charge in [0.1, 0.15) is 0 Å². The number of ether oxygens (including phenoxy) is 1. The summed E-state index contributed by atoms with van der Waals surface area (Å²) in [4.78, 5) is 12.9. The Bertz CT molecular complexity index is 337. The minimum absolute atomic E-state index is 0.302. The fourth-order valence-electron chi connectivity index (χ4n) is 1.31. The molecule has 0 saturated carbocycles. The van der Waals surface area contributed by atoms with Crippen LogP contribution in [0.1, 0.15) is 18.1 Å². The first-order valence-corrected chi connectivity index (χ1v) is 5.72. The molecule has 1 aromatic rings. The summed E-state index contributed by atoms with van der Waals surface area (Å²) in [6.07, 6.45) is -0.302. The van der Waals surface area contributed by atoms with Gasteiger partial charge in [0.15, 0.2) is 0 Å². The number of halogens is 1. The van der Waals surface area contributed by atoms with Gasteiger partial charge in [0.05, 0.1) is 6.61 Å². The molecule has 0 aliphatic carbocycles. The van der Waals surface area contributed by atoms with Gasteiger partial charge in [0, 0.05) is 19.5 Å². The first-order valence-electron chi connectivity index (χ1n) is 5.19. The van der Waals surface area contributed by atoms with Gasteiger partial charge in [-0.3, -0.25) is 0 Å². The molecule has 4 heteroatoms. The van der Waals surface area contributed by atoms with Gasteiger partial charge >= 0.3 is 6.09 Å². The Morgan fingerprint density at radius 2 is 1.88 bits per heavy atom. The first kappa shape index (κ1) is 12.8. The Hall–Kier alpha value is -1.22. The number of nitrogens with zero attached hydrogens (tertiary/aromatic N) is 1. The van der Waals surface area contributed by atoms with Gasteiger partial charge in [-0.15, -0.1) is 11.6 Å². The van der Waals surface area contributed by atoms with E-state index in [4.69, 9.17) is 16.3 Å². The van der Waals surface area contributed by atoms with Crippen LogP contribution in [-0.4, -0.2) is 24.6 Å². The largest absolute Gasteiger partial charge is 0.450 e. The zero-order chi connectivity index (χ0) is 12.0. The van der Waals surface area contributed by atoms with Crippen LogP contribution in [0.25, 0.3) is 0 Å². The van der Waals surface area contributed by atoms with E-state index in [1.807, 2.05) is 24.3 Å². The summed E-state index contributed by atoms with van der Waals surface area (Å²) in [6, 6.07) is 7.85. The summed E-state index contributed by atoms with van der Waals surface area (Å²) in [5.41, 5.74) is 2.13. The van der Waals surface area contributed by atoms with E-state index >= 15 is 0 Å². The lowest BCUT2D eigenvalue weighted by molar-refractivity contribution is 0.114. The van der Waals surface area contributed by atoms with Gasteiger partial charge < -0.3 is 9.64 Å². The van der Waals surface area contributed by atoms with Crippen LogP contribution in [0, 0.1) is 0 Å². The molecular formula is C12H16ClNO2. The highest BCUT2D eigenvalue weighted by Gasteiger charge is 2.09. The van der Waals surface area contributed by atoms with Crippen LogP contribution in [0.4, 0.5) is 4.79 Å². The molecule has 0 aliphatic rings. The molecule has 0 fully saturated rings. The van der Waals surface area contributed by atoms with Crippen LogP contribution in [0.3, 0.4) is 0 Å².